The summed E-state index contributed by atoms with van der Waals surface area (Å²) in [4.78, 5) is 24.0. The minimum atomic E-state index is -0.154. The third-order valence-corrected chi connectivity index (χ3v) is 6.57. The summed E-state index contributed by atoms with van der Waals surface area (Å²) >= 11 is 1.59. The number of pyridine rings is 1. The molecule has 3 heterocycles. The number of carbonyl (C=O) groups is 1. The highest BCUT2D eigenvalue weighted by molar-refractivity contribution is 7.09. The van der Waals surface area contributed by atoms with E-state index in [1.807, 2.05) is 35.7 Å². The minimum Gasteiger partial charge on any atom is -0.496 e. The fourth-order valence-corrected chi connectivity index (χ4v) is 4.92. The first-order chi connectivity index (χ1) is 15.7. The summed E-state index contributed by atoms with van der Waals surface area (Å²) in [6.07, 6.45) is 9.89. The first-order valence-electron chi connectivity index (χ1n) is 10.9. The molecule has 1 aromatic carbocycles. The first kappa shape index (κ1) is 22.2. The molecule has 7 heteroatoms. The third-order valence-electron chi connectivity index (χ3n) is 5.71. The largest absolute Gasteiger partial charge is 0.496 e. The van der Waals surface area contributed by atoms with Gasteiger partial charge >= 0.3 is 0 Å². The molecular formula is C25H28N4O2S. The van der Waals surface area contributed by atoms with E-state index in [0.29, 0.717) is 11.6 Å². The molecule has 1 aliphatic heterocycles. The van der Waals surface area contributed by atoms with Crippen molar-refractivity contribution in [2.75, 3.05) is 26.7 Å². The highest BCUT2D eigenvalue weighted by Crippen LogP contribution is 2.31. The Labute approximate surface area is 193 Å². The molecule has 1 N–H and O–H groups in total. The van der Waals surface area contributed by atoms with Gasteiger partial charge in [-0.15, -0.1) is 11.3 Å². The van der Waals surface area contributed by atoms with E-state index >= 15 is 0 Å². The first-order valence-corrected chi connectivity index (χ1v) is 11.8. The normalized spacial score (nSPS) is 17.8. The van der Waals surface area contributed by atoms with Crippen molar-refractivity contribution < 1.29 is 9.53 Å². The molecule has 6 nitrogen and oxygen atoms in total. The SMILES string of the molecule is COc1ccccc1/C=C/CN1CCCC(C(NC(=O)c2ccccn2)c2nccs2)C1. The van der Waals surface area contributed by atoms with Crippen molar-refractivity contribution in [3.63, 3.8) is 0 Å². The maximum Gasteiger partial charge on any atom is 0.270 e. The number of likely N-dealkylation sites (tertiary alicyclic amines) is 1. The second-order valence-electron chi connectivity index (χ2n) is 7.84. The third kappa shape index (κ3) is 5.60. The number of hydrogen-bond acceptors (Lipinski definition) is 6. The summed E-state index contributed by atoms with van der Waals surface area (Å²) in [5.41, 5.74) is 1.51. The Morgan fingerprint density at radius 3 is 2.91 bits per heavy atom. The molecule has 2 unspecified atom stereocenters. The Morgan fingerprint density at radius 1 is 1.25 bits per heavy atom. The van der Waals surface area contributed by atoms with Gasteiger partial charge in [0.2, 0.25) is 0 Å². The summed E-state index contributed by atoms with van der Waals surface area (Å²) in [6.45, 7) is 2.81. The molecular weight excluding hydrogens is 420 g/mol. The fourth-order valence-electron chi connectivity index (χ4n) is 4.14. The van der Waals surface area contributed by atoms with Gasteiger partial charge in [0.25, 0.3) is 5.91 Å². The molecule has 32 heavy (non-hydrogen) atoms. The molecule has 3 aromatic rings. The van der Waals surface area contributed by atoms with Gasteiger partial charge < -0.3 is 10.1 Å². The summed E-state index contributed by atoms with van der Waals surface area (Å²) in [5, 5.41) is 6.12. The van der Waals surface area contributed by atoms with Crippen molar-refractivity contribution in [2.24, 2.45) is 5.92 Å². The number of thiazole rings is 1. The van der Waals surface area contributed by atoms with Crippen LogP contribution in [0.25, 0.3) is 6.08 Å². The summed E-state index contributed by atoms with van der Waals surface area (Å²) < 4.78 is 5.44. The number of aromatic nitrogens is 2. The molecule has 2 aromatic heterocycles. The van der Waals surface area contributed by atoms with Gasteiger partial charge in [-0.05, 0) is 43.5 Å². The lowest BCUT2D eigenvalue weighted by Crippen LogP contribution is -2.43. The van der Waals surface area contributed by atoms with Crippen LogP contribution >= 0.6 is 11.3 Å². The lowest BCUT2D eigenvalue weighted by atomic mass is 9.90. The van der Waals surface area contributed by atoms with Crippen LogP contribution in [0.3, 0.4) is 0 Å². The van der Waals surface area contributed by atoms with Gasteiger partial charge in [-0.25, -0.2) is 4.98 Å². The topological polar surface area (TPSA) is 67.3 Å². The average molecular weight is 449 g/mol. The fraction of sp³-hybridized carbons (Fsp3) is 0.320. The van der Waals surface area contributed by atoms with E-state index in [4.69, 9.17) is 4.74 Å². The van der Waals surface area contributed by atoms with Crippen LogP contribution in [0.1, 0.15) is 39.9 Å². The molecule has 2 atom stereocenters. The average Bonchev–Trinajstić information content (AvgIpc) is 3.38. The van der Waals surface area contributed by atoms with Crippen LogP contribution < -0.4 is 10.1 Å². The summed E-state index contributed by atoms with van der Waals surface area (Å²) in [5.74, 6) is 1.02. The number of piperidine rings is 1. The monoisotopic (exact) mass is 448 g/mol. The number of benzene rings is 1. The molecule has 0 aliphatic carbocycles. The molecule has 1 saturated heterocycles. The molecule has 0 spiro atoms. The Balaban J connectivity index is 1.43. The quantitative estimate of drug-likeness (QED) is 0.552. The zero-order chi connectivity index (χ0) is 22.2. The number of carbonyl (C=O) groups excluding carboxylic acids is 1. The molecule has 4 rings (SSSR count). The molecule has 1 aliphatic rings. The van der Waals surface area contributed by atoms with E-state index in [2.05, 4.69) is 38.4 Å². The molecule has 166 valence electrons. The van der Waals surface area contributed by atoms with Crippen molar-refractivity contribution in [2.45, 2.75) is 18.9 Å². The van der Waals surface area contributed by atoms with Gasteiger partial charge in [-0.3, -0.25) is 14.7 Å². The maximum atomic E-state index is 12.8. The van der Waals surface area contributed by atoms with Gasteiger partial charge in [0.15, 0.2) is 0 Å². The van der Waals surface area contributed by atoms with Crippen molar-refractivity contribution >= 4 is 23.3 Å². The zero-order valence-corrected chi connectivity index (χ0v) is 19.0. The maximum absolute atomic E-state index is 12.8. The Morgan fingerprint density at radius 2 is 2.12 bits per heavy atom. The van der Waals surface area contributed by atoms with Gasteiger partial charge in [-0.1, -0.05) is 36.4 Å². The predicted molar refractivity (Wildman–Crippen MR) is 128 cm³/mol. The minimum absolute atomic E-state index is 0.120. The summed E-state index contributed by atoms with van der Waals surface area (Å²) in [7, 11) is 1.69. The number of nitrogens with one attached hydrogen (secondary N) is 1. The van der Waals surface area contributed by atoms with E-state index in [-0.39, 0.29) is 11.9 Å². The van der Waals surface area contributed by atoms with E-state index in [1.165, 1.54) is 0 Å². The van der Waals surface area contributed by atoms with E-state index in [9.17, 15) is 4.79 Å². The Hall–Kier alpha value is -3.03. The Bertz CT molecular complexity index is 1020. The van der Waals surface area contributed by atoms with Gasteiger partial charge in [0.1, 0.15) is 16.5 Å². The number of nitrogens with zero attached hydrogens (tertiary/aromatic N) is 3. The smallest absolute Gasteiger partial charge is 0.270 e. The van der Waals surface area contributed by atoms with Crippen LogP contribution in [0.4, 0.5) is 0 Å². The Kier molecular flexibility index (Phi) is 7.64. The number of methoxy groups -OCH3 is 1. The summed E-state index contributed by atoms with van der Waals surface area (Å²) in [6, 6.07) is 13.3. The number of para-hydroxylation sites is 1. The highest BCUT2D eigenvalue weighted by atomic mass is 32.1. The van der Waals surface area contributed by atoms with Crippen LogP contribution in [-0.4, -0.2) is 47.5 Å². The molecule has 0 bridgehead atoms. The molecule has 1 amide bonds. The highest BCUT2D eigenvalue weighted by Gasteiger charge is 2.31. The van der Waals surface area contributed by atoms with E-state index in [1.54, 1.807) is 36.9 Å². The standard InChI is InChI=1S/C25H28N4O2S/c1-31-22-12-3-2-8-19(22)9-6-15-29-16-7-10-20(18-29)23(25-27-14-17-32-25)28-24(30)21-11-4-5-13-26-21/h2-6,8-9,11-14,17,20,23H,7,10,15-16,18H2,1H3,(H,28,30)/b9-6+. The van der Waals surface area contributed by atoms with Crippen LogP contribution in [-0.2, 0) is 0 Å². The number of rotatable bonds is 8. The second kappa shape index (κ2) is 11.0. The van der Waals surface area contributed by atoms with Crippen molar-refractivity contribution in [3.8, 4) is 5.75 Å². The lowest BCUT2D eigenvalue weighted by Gasteiger charge is -2.36. The molecule has 0 saturated carbocycles. The van der Waals surface area contributed by atoms with Crippen molar-refractivity contribution in [1.82, 2.24) is 20.2 Å². The van der Waals surface area contributed by atoms with Gasteiger partial charge in [0.05, 0.1) is 13.2 Å². The second-order valence-corrected chi connectivity index (χ2v) is 8.77. The molecule has 0 radical (unpaired) electrons. The number of hydrogen-bond donors (Lipinski definition) is 1. The van der Waals surface area contributed by atoms with E-state index in [0.717, 1.165) is 48.8 Å². The van der Waals surface area contributed by atoms with Crippen molar-refractivity contribution in [1.29, 1.82) is 0 Å². The van der Waals surface area contributed by atoms with Crippen LogP contribution in [0.15, 0.2) is 66.3 Å². The molecule has 1 fully saturated rings. The van der Waals surface area contributed by atoms with Gasteiger partial charge in [0, 0.05) is 36.4 Å². The predicted octanol–water partition coefficient (Wildman–Crippen LogP) is 4.44. The van der Waals surface area contributed by atoms with Crippen LogP contribution in [0.5, 0.6) is 5.75 Å². The van der Waals surface area contributed by atoms with Gasteiger partial charge in [-0.2, -0.15) is 0 Å². The van der Waals surface area contributed by atoms with Crippen LogP contribution in [0, 0.1) is 5.92 Å². The lowest BCUT2D eigenvalue weighted by molar-refractivity contribution is 0.0884. The number of ether oxygens (including phenoxy) is 1. The van der Waals surface area contributed by atoms with E-state index < -0.39 is 0 Å². The number of amides is 1. The zero-order valence-electron chi connectivity index (χ0n) is 18.2. The van der Waals surface area contributed by atoms with Crippen molar-refractivity contribution in [3.05, 3.63) is 82.6 Å². The van der Waals surface area contributed by atoms with Crippen LogP contribution in [0.2, 0.25) is 0 Å².